The smallest absolute Gasteiger partial charge is 0.270 e. The van der Waals surface area contributed by atoms with Gasteiger partial charge in [-0.25, -0.2) is 0 Å². The molecule has 0 saturated carbocycles. The van der Waals surface area contributed by atoms with E-state index in [2.05, 4.69) is 21.2 Å². The van der Waals surface area contributed by atoms with E-state index in [-0.39, 0.29) is 11.3 Å². The number of nitro benzene ring substituents is 1. The largest absolute Gasteiger partial charge is 0.380 e. The van der Waals surface area contributed by atoms with Crippen LogP contribution >= 0.6 is 15.9 Å². The van der Waals surface area contributed by atoms with Crippen molar-refractivity contribution in [1.82, 2.24) is 0 Å². The molecule has 2 aromatic rings. The SMILES string of the molecule is N#Cc1cc([N+](=O)[O-])ccc1NCc1ccc(Br)cc1. The Bertz CT molecular complexity index is 678. The topological polar surface area (TPSA) is 79.0 Å². The van der Waals surface area contributed by atoms with E-state index >= 15 is 0 Å². The highest BCUT2D eigenvalue weighted by Gasteiger charge is 2.10. The van der Waals surface area contributed by atoms with Crippen LogP contribution in [0.25, 0.3) is 0 Å². The highest BCUT2D eigenvalue weighted by molar-refractivity contribution is 9.10. The van der Waals surface area contributed by atoms with Crippen molar-refractivity contribution in [3.05, 3.63) is 68.2 Å². The minimum atomic E-state index is -0.515. The molecule has 0 saturated heterocycles. The number of nitriles is 1. The number of hydrogen-bond donors (Lipinski definition) is 1. The van der Waals surface area contributed by atoms with E-state index in [1.807, 2.05) is 30.3 Å². The summed E-state index contributed by atoms with van der Waals surface area (Å²) in [4.78, 5) is 10.1. The number of nitrogens with zero attached hydrogens (tertiary/aromatic N) is 2. The molecule has 0 aromatic heterocycles. The van der Waals surface area contributed by atoms with Gasteiger partial charge >= 0.3 is 0 Å². The third-order valence-electron chi connectivity index (χ3n) is 2.73. The van der Waals surface area contributed by atoms with E-state index in [0.29, 0.717) is 12.2 Å². The van der Waals surface area contributed by atoms with E-state index in [1.54, 1.807) is 6.07 Å². The Balaban J connectivity index is 2.15. The Morgan fingerprint density at radius 1 is 1.25 bits per heavy atom. The first-order valence-electron chi connectivity index (χ1n) is 5.77. The third-order valence-corrected chi connectivity index (χ3v) is 3.26. The highest BCUT2D eigenvalue weighted by Crippen LogP contribution is 2.22. The molecule has 0 aliphatic heterocycles. The zero-order valence-electron chi connectivity index (χ0n) is 10.3. The molecule has 0 heterocycles. The summed E-state index contributed by atoms with van der Waals surface area (Å²) in [5.41, 5.74) is 1.81. The molecule has 2 aromatic carbocycles. The van der Waals surface area contributed by atoms with Gasteiger partial charge in [-0.2, -0.15) is 5.26 Å². The molecule has 0 radical (unpaired) electrons. The van der Waals surface area contributed by atoms with Crippen LogP contribution in [0, 0.1) is 21.4 Å². The standard InChI is InChI=1S/C14H10BrN3O2/c15-12-3-1-10(2-4-12)9-17-14-6-5-13(18(19)20)7-11(14)8-16/h1-7,17H,9H2. The van der Waals surface area contributed by atoms with Gasteiger partial charge in [0.1, 0.15) is 6.07 Å². The van der Waals surface area contributed by atoms with Gasteiger partial charge in [0.2, 0.25) is 0 Å². The van der Waals surface area contributed by atoms with E-state index in [1.165, 1.54) is 12.1 Å². The van der Waals surface area contributed by atoms with E-state index in [0.717, 1.165) is 10.0 Å². The van der Waals surface area contributed by atoms with E-state index in [4.69, 9.17) is 5.26 Å². The molecular weight excluding hydrogens is 322 g/mol. The van der Waals surface area contributed by atoms with Crippen molar-refractivity contribution in [2.75, 3.05) is 5.32 Å². The molecule has 0 amide bonds. The lowest BCUT2D eigenvalue weighted by Gasteiger charge is -2.08. The molecule has 0 spiro atoms. The van der Waals surface area contributed by atoms with Crippen molar-refractivity contribution in [3.8, 4) is 6.07 Å². The monoisotopic (exact) mass is 331 g/mol. The molecule has 20 heavy (non-hydrogen) atoms. The van der Waals surface area contributed by atoms with Gasteiger partial charge in [-0.1, -0.05) is 28.1 Å². The number of hydrogen-bond acceptors (Lipinski definition) is 4. The van der Waals surface area contributed by atoms with Crippen molar-refractivity contribution in [2.45, 2.75) is 6.54 Å². The molecule has 0 fully saturated rings. The van der Waals surface area contributed by atoms with Gasteiger partial charge in [-0.15, -0.1) is 0 Å². The fourth-order valence-electron chi connectivity index (χ4n) is 1.69. The lowest BCUT2D eigenvalue weighted by atomic mass is 10.1. The van der Waals surface area contributed by atoms with Gasteiger partial charge in [0.15, 0.2) is 0 Å². The average Bonchev–Trinajstić information content (AvgIpc) is 2.46. The maximum atomic E-state index is 10.7. The van der Waals surface area contributed by atoms with Gasteiger partial charge in [0.25, 0.3) is 5.69 Å². The normalized spacial score (nSPS) is 9.80. The number of nitro groups is 1. The lowest BCUT2D eigenvalue weighted by molar-refractivity contribution is -0.384. The zero-order chi connectivity index (χ0) is 14.5. The predicted molar refractivity (Wildman–Crippen MR) is 79.3 cm³/mol. The maximum Gasteiger partial charge on any atom is 0.270 e. The van der Waals surface area contributed by atoms with Crippen molar-refractivity contribution in [2.24, 2.45) is 0 Å². The summed E-state index contributed by atoms with van der Waals surface area (Å²) in [5.74, 6) is 0. The number of nitrogens with one attached hydrogen (secondary N) is 1. The van der Waals surface area contributed by atoms with Crippen LogP contribution in [0.3, 0.4) is 0 Å². The second-order valence-corrected chi connectivity index (χ2v) is 4.99. The lowest BCUT2D eigenvalue weighted by Crippen LogP contribution is -2.01. The molecule has 5 nitrogen and oxygen atoms in total. The minimum Gasteiger partial charge on any atom is -0.380 e. The van der Waals surface area contributed by atoms with E-state index in [9.17, 15) is 10.1 Å². The Morgan fingerprint density at radius 3 is 2.55 bits per heavy atom. The molecule has 0 bridgehead atoms. The fourth-order valence-corrected chi connectivity index (χ4v) is 1.96. The number of non-ortho nitro benzene ring substituents is 1. The van der Waals surface area contributed by atoms with Crippen LogP contribution in [-0.2, 0) is 6.54 Å². The molecular formula is C14H10BrN3O2. The van der Waals surface area contributed by atoms with Crippen LogP contribution in [0.4, 0.5) is 11.4 Å². The highest BCUT2D eigenvalue weighted by atomic mass is 79.9. The van der Waals surface area contributed by atoms with Crippen molar-refractivity contribution < 1.29 is 4.92 Å². The summed E-state index contributed by atoms with van der Waals surface area (Å²) in [5, 5.41) is 22.8. The average molecular weight is 332 g/mol. The molecule has 0 aliphatic carbocycles. The van der Waals surface area contributed by atoms with Gasteiger partial charge in [0.05, 0.1) is 16.2 Å². The quantitative estimate of drug-likeness (QED) is 0.681. The summed E-state index contributed by atoms with van der Waals surface area (Å²) in [6.45, 7) is 0.541. The molecule has 2 rings (SSSR count). The number of benzene rings is 2. The van der Waals surface area contributed by atoms with Crippen molar-refractivity contribution in [1.29, 1.82) is 5.26 Å². The first-order valence-corrected chi connectivity index (χ1v) is 6.56. The Kier molecular flexibility index (Phi) is 4.33. The molecule has 100 valence electrons. The van der Waals surface area contributed by atoms with Crippen molar-refractivity contribution >= 4 is 27.3 Å². The first kappa shape index (κ1) is 14.0. The molecule has 0 atom stereocenters. The molecule has 1 N–H and O–H groups in total. The summed E-state index contributed by atoms with van der Waals surface area (Å²) in [6.07, 6.45) is 0. The maximum absolute atomic E-state index is 10.7. The molecule has 0 unspecified atom stereocenters. The fraction of sp³-hybridized carbons (Fsp3) is 0.0714. The van der Waals surface area contributed by atoms with Gasteiger partial charge in [-0.05, 0) is 23.8 Å². The minimum absolute atomic E-state index is 0.0873. The van der Waals surface area contributed by atoms with Crippen LogP contribution in [-0.4, -0.2) is 4.92 Å². The predicted octanol–water partition coefficient (Wildman–Crippen LogP) is 3.84. The Labute approximate surface area is 124 Å². The van der Waals surface area contributed by atoms with Gasteiger partial charge < -0.3 is 5.32 Å². The second kappa shape index (κ2) is 6.17. The second-order valence-electron chi connectivity index (χ2n) is 4.08. The molecule has 6 heteroatoms. The van der Waals surface area contributed by atoms with Crippen LogP contribution < -0.4 is 5.32 Å². The summed E-state index contributed by atoms with van der Waals surface area (Å²) < 4.78 is 0.995. The third kappa shape index (κ3) is 3.33. The number of rotatable bonds is 4. The van der Waals surface area contributed by atoms with Crippen molar-refractivity contribution in [3.63, 3.8) is 0 Å². The van der Waals surface area contributed by atoms with Crippen LogP contribution in [0.15, 0.2) is 46.9 Å². The zero-order valence-corrected chi connectivity index (χ0v) is 11.9. The first-order chi connectivity index (χ1) is 9.60. The van der Waals surface area contributed by atoms with Gasteiger partial charge in [0, 0.05) is 23.2 Å². The van der Waals surface area contributed by atoms with E-state index < -0.39 is 4.92 Å². The summed E-state index contributed by atoms with van der Waals surface area (Å²) >= 11 is 3.36. The Hall–Kier alpha value is -2.39. The Morgan fingerprint density at radius 2 is 1.95 bits per heavy atom. The number of halogens is 1. The van der Waals surface area contributed by atoms with Crippen LogP contribution in [0.2, 0.25) is 0 Å². The number of anilines is 1. The summed E-state index contributed by atoms with van der Waals surface area (Å²) in [6, 6.07) is 13.9. The van der Waals surface area contributed by atoms with Crippen LogP contribution in [0.1, 0.15) is 11.1 Å². The molecule has 0 aliphatic rings. The van der Waals surface area contributed by atoms with Crippen LogP contribution in [0.5, 0.6) is 0 Å². The van der Waals surface area contributed by atoms with Gasteiger partial charge in [-0.3, -0.25) is 10.1 Å². The summed E-state index contributed by atoms with van der Waals surface area (Å²) in [7, 11) is 0.